The van der Waals surface area contributed by atoms with Gasteiger partial charge in [-0.2, -0.15) is 5.10 Å². The minimum Gasteiger partial charge on any atom is -0.480 e. The molecule has 0 aliphatic carbocycles. The number of amides is 1. The van der Waals surface area contributed by atoms with Gasteiger partial charge >= 0.3 is 5.97 Å². The van der Waals surface area contributed by atoms with Gasteiger partial charge in [0.15, 0.2) is 0 Å². The van der Waals surface area contributed by atoms with Crippen molar-refractivity contribution in [2.24, 2.45) is 0 Å². The summed E-state index contributed by atoms with van der Waals surface area (Å²) in [4.78, 5) is 23.1. The fourth-order valence-corrected chi connectivity index (χ4v) is 2.17. The van der Waals surface area contributed by atoms with Crippen LogP contribution in [0.25, 0.3) is 5.69 Å². The third-order valence-electron chi connectivity index (χ3n) is 3.32. The molecular weight excluding hydrogens is 282 g/mol. The van der Waals surface area contributed by atoms with E-state index in [-0.39, 0.29) is 0 Å². The molecule has 0 saturated heterocycles. The molecule has 2 rings (SSSR count). The molecule has 0 aliphatic heterocycles. The monoisotopic (exact) mass is 301 g/mol. The number of benzene rings is 1. The lowest BCUT2D eigenvalue weighted by atomic mass is 10.1. The molecule has 0 spiro atoms. The van der Waals surface area contributed by atoms with E-state index >= 15 is 0 Å². The number of hydrogen-bond donors (Lipinski definition) is 2. The van der Waals surface area contributed by atoms with Crippen molar-refractivity contribution in [3.63, 3.8) is 0 Å². The molecule has 0 saturated carbocycles. The molecule has 0 radical (unpaired) electrons. The van der Waals surface area contributed by atoms with E-state index in [1.165, 1.54) is 13.1 Å². The Morgan fingerprint density at radius 2 is 2.00 bits per heavy atom. The van der Waals surface area contributed by atoms with Gasteiger partial charge in [0, 0.05) is 0 Å². The molecule has 2 N–H and O–H groups in total. The molecule has 0 aliphatic rings. The minimum absolute atomic E-state index is 0.416. The second-order valence-corrected chi connectivity index (χ2v) is 5.04. The predicted octanol–water partition coefficient (Wildman–Crippen LogP) is 2.03. The van der Waals surface area contributed by atoms with E-state index in [4.69, 9.17) is 5.11 Å². The van der Waals surface area contributed by atoms with Gasteiger partial charge in [-0.1, -0.05) is 31.5 Å². The number of carboxylic acid groups (broad SMARTS) is 1. The Morgan fingerprint density at radius 3 is 2.59 bits per heavy atom. The molecule has 1 heterocycles. The molecule has 6 heteroatoms. The number of carboxylic acids is 1. The van der Waals surface area contributed by atoms with Crippen molar-refractivity contribution in [1.82, 2.24) is 15.1 Å². The van der Waals surface area contributed by atoms with Crippen LogP contribution in [0.3, 0.4) is 0 Å². The van der Waals surface area contributed by atoms with Crippen molar-refractivity contribution < 1.29 is 14.7 Å². The number of rotatable bonds is 6. The fourth-order valence-electron chi connectivity index (χ4n) is 2.17. The van der Waals surface area contributed by atoms with Crippen LogP contribution in [0.4, 0.5) is 0 Å². The lowest BCUT2D eigenvalue weighted by Gasteiger charge is -2.11. The third-order valence-corrected chi connectivity index (χ3v) is 3.32. The van der Waals surface area contributed by atoms with Crippen LogP contribution < -0.4 is 5.32 Å². The smallest absolute Gasteiger partial charge is 0.325 e. The largest absolute Gasteiger partial charge is 0.480 e. The Kier molecular flexibility index (Phi) is 4.93. The molecule has 116 valence electrons. The van der Waals surface area contributed by atoms with Crippen molar-refractivity contribution in [1.29, 1.82) is 0 Å². The van der Waals surface area contributed by atoms with Crippen LogP contribution in [0.1, 0.15) is 36.3 Å². The second-order valence-electron chi connectivity index (χ2n) is 5.04. The zero-order valence-corrected chi connectivity index (χ0v) is 12.6. The highest BCUT2D eigenvalue weighted by Gasteiger charge is 2.21. The quantitative estimate of drug-likeness (QED) is 0.855. The van der Waals surface area contributed by atoms with Gasteiger partial charge in [0.05, 0.1) is 23.1 Å². The Labute approximate surface area is 128 Å². The van der Waals surface area contributed by atoms with E-state index in [9.17, 15) is 9.59 Å². The fraction of sp³-hybridized carbons (Fsp3) is 0.312. The zero-order valence-electron chi connectivity index (χ0n) is 12.6. The highest BCUT2D eigenvalue weighted by atomic mass is 16.4. The lowest BCUT2D eigenvalue weighted by molar-refractivity contribution is -0.138. The Bertz CT molecular complexity index is 665. The Balaban J connectivity index is 2.35. The normalized spacial score (nSPS) is 11.9. The van der Waals surface area contributed by atoms with Crippen LogP contribution in [0, 0.1) is 0 Å². The van der Waals surface area contributed by atoms with Crippen molar-refractivity contribution in [2.75, 3.05) is 0 Å². The van der Waals surface area contributed by atoms with E-state index in [0.717, 1.165) is 17.8 Å². The molecule has 0 fully saturated rings. The standard InChI is InChI=1S/C16H19N3O3/c1-3-7-14-13(15(20)18-11(2)16(21)22)10-17-19(14)12-8-5-4-6-9-12/h4-6,8-11H,3,7H2,1-2H3,(H,18,20)(H,21,22). The number of aliphatic carboxylic acids is 1. The van der Waals surface area contributed by atoms with Crippen LogP contribution in [-0.2, 0) is 11.2 Å². The summed E-state index contributed by atoms with van der Waals surface area (Å²) in [6, 6.07) is 8.59. The summed E-state index contributed by atoms with van der Waals surface area (Å²) >= 11 is 0. The number of carbonyl (C=O) groups is 2. The molecule has 0 bridgehead atoms. The number of aromatic nitrogens is 2. The molecular formula is C16H19N3O3. The SMILES string of the molecule is CCCc1c(C(=O)NC(C)C(=O)O)cnn1-c1ccccc1. The summed E-state index contributed by atoms with van der Waals surface area (Å²) in [5, 5.41) is 15.7. The first-order valence-corrected chi connectivity index (χ1v) is 7.20. The van der Waals surface area contributed by atoms with Gasteiger partial charge in [0.2, 0.25) is 0 Å². The highest BCUT2D eigenvalue weighted by Crippen LogP contribution is 2.17. The Hall–Kier alpha value is -2.63. The van der Waals surface area contributed by atoms with Gasteiger partial charge in [-0.3, -0.25) is 9.59 Å². The van der Waals surface area contributed by atoms with Gasteiger partial charge in [-0.25, -0.2) is 4.68 Å². The van der Waals surface area contributed by atoms with Crippen molar-refractivity contribution in [3.8, 4) is 5.69 Å². The number of para-hydroxylation sites is 1. The van der Waals surface area contributed by atoms with Crippen LogP contribution in [0.5, 0.6) is 0 Å². The summed E-state index contributed by atoms with van der Waals surface area (Å²) in [7, 11) is 0. The Morgan fingerprint density at radius 1 is 1.32 bits per heavy atom. The number of hydrogen-bond acceptors (Lipinski definition) is 3. The molecule has 1 aromatic heterocycles. The molecule has 1 aromatic carbocycles. The molecule has 6 nitrogen and oxygen atoms in total. The first kappa shape index (κ1) is 15.8. The van der Waals surface area contributed by atoms with E-state index in [1.54, 1.807) is 4.68 Å². The van der Waals surface area contributed by atoms with Crippen molar-refractivity contribution in [3.05, 3.63) is 47.8 Å². The zero-order chi connectivity index (χ0) is 16.1. The van der Waals surface area contributed by atoms with Gasteiger partial charge < -0.3 is 10.4 Å². The first-order chi connectivity index (χ1) is 10.5. The van der Waals surface area contributed by atoms with E-state index in [1.807, 2.05) is 37.3 Å². The summed E-state index contributed by atoms with van der Waals surface area (Å²) in [5.74, 6) is -1.48. The van der Waals surface area contributed by atoms with Gasteiger partial charge in [-0.15, -0.1) is 0 Å². The molecule has 1 unspecified atom stereocenters. The maximum Gasteiger partial charge on any atom is 0.325 e. The van der Waals surface area contributed by atoms with E-state index < -0.39 is 17.9 Å². The molecule has 1 amide bonds. The van der Waals surface area contributed by atoms with Crippen LogP contribution in [0.15, 0.2) is 36.5 Å². The molecule has 1 atom stereocenters. The first-order valence-electron chi connectivity index (χ1n) is 7.20. The van der Waals surface area contributed by atoms with Crippen molar-refractivity contribution in [2.45, 2.75) is 32.7 Å². The summed E-state index contributed by atoms with van der Waals surface area (Å²) in [5.41, 5.74) is 2.07. The maximum absolute atomic E-state index is 12.3. The predicted molar refractivity (Wildman–Crippen MR) is 82.1 cm³/mol. The third kappa shape index (κ3) is 3.33. The summed E-state index contributed by atoms with van der Waals surface area (Å²) in [6.07, 6.45) is 3.02. The summed E-state index contributed by atoms with van der Waals surface area (Å²) < 4.78 is 1.73. The van der Waals surface area contributed by atoms with Crippen LogP contribution in [0.2, 0.25) is 0 Å². The topological polar surface area (TPSA) is 84.2 Å². The van der Waals surface area contributed by atoms with Gasteiger partial charge in [0.25, 0.3) is 5.91 Å². The van der Waals surface area contributed by atoms with Crippen molar-refractivity contribution >= 4 is 11.9 Å². The summed E-state index contributed by atoms with van der Waals surface area (Å²) in [6.45, 7) is 3.45. The highest BCUT2D eigenvalue weighted by molar-refractivity contribution is 5.97. The number of carbonyl (C=O) groups excluding carboxylic acids is 1. The van der Waals surface area contributed by atoms with E-state index in [2.05, 4.69) is 10.4 Å². The second kappa shape index (κ2) is 6.89. The maximum atomic E-state index is 12.3. The molecule has 2 aromatic rings. The number of nitrogens with zero attached hydrogens (tertiary/aromatic N) is 2. The molecule has 22 heavy (non-hydrogen) atoms. The van der Waals surface area contributed by atoms with Gasteiger partial charge in [-0.05, 0) is 25.5 Å². The average Bonchev–Trinajstić information content (AvgIpc) is 2.92. The lowest BCUT2D eigenvalue weighted by Crippen LogP contribution is -2.38. The van der Waals surface area contributed by atoms with Crippen LogP contribution in [-0.4, -0.2) is 32.8 Å². The van der Waals surface area contributed by atoms with E-state index in [0.29, 0.717) is 12.0 Å². The van der Waals surface area contributed by atoms with Crippen LogP contribution >= 0.6 is 0 Å². The average molecular weight is 301 g/mol. The minimum atomic E-state index is -1.07. The number of nitrogens with one attached hydrogen (secondary N) is 1. The van der Waals surface area contributed by atoms with Gasteiger partial charge in [0.1, 0.15) is 6.04 Å².